The van der Waals surface area contributed by atoms with Crippen molar-refractivity contribution in [3.63, 3.8) is 0 Å². The number of hydrogen-bond donors (Lipinski definition) is 3. The number of aryl methyl sites for hydroxylation is 1. The predicted molar refractivity (Wildman–Crippen MR) is 64.1 cm³/mol. The highest BCUT2D eigenvalue weighted by Crippen LogP contribution is 2.09. The van der Waals surface area contributed by atoms with Gasteiger partial charge in [0.15, 0.2) is 0 Å². The Hall–Kier alpha value is -1.40. The van der Waals surface area contributed by atoms with Crippen LogP contribution < -0.4 is 11.1 Å². The monoisotopic (exact) mass is 240 g/mol. The summed E-state index contributed by atoms with van der Waals surface area (Å²) in [7, 11) is 1.77. The number of carbonyl (C=O) groups excluding carboxylic acids is 1. The molecule has 0 bridgehead atoms. The van der Waals surface area contributed by atoms with Crippen LogP contribution in [0.2, 0.25) is 0 Å². The molecule has 96 valence electrons. The van der Waals surface area contributed by atoms with Crippen molar-refractivity contribution in [1.29, 1.82) is 0 Å². The van der Waals surface area contributed by atoms with Gasteiger partial charge in [-0.3, -0.25) is 9.48 Å². The van der Waals surface area contributed by atoms with Crippen molar-refractivity contribution < 1.29 is 9.90 Å². The minimum atomic E-state index is -0.712. The summed E-state index contributed by atoms with van der Waals surface area (Å²) < 4.78 is 1.60. The lowest BCUT2D eigenvalue weighted by atomic mass is 10.1. The van der Waals surface area contributed by atoms with Gasteiger partial charge >= 0.3 is 0 Å². The van der Waals surface area contributed by atoms with E-state index in [0.29, 0.717) is 12.0 Å². The molecule has 0 aromatic carbocycles. The molecule has 0 radical (unpaired) electrons. The Labute approximate surface area is 101 Å². The molecule has 0 aliphatic carbocycles. The zero-order valence-electron chi connectivity index (χ0n) is 10.3. The highest BCUT2D eigenvalue weighted by Gasteiger charge is 2.19. The molecule has 2 unspecified atom stereocenters. The fourth-order valence-corrected chi connectivity index (χ4v) is 1.58. The summed E-state index contributed by atoms with van der Waals surface area (Å²) in [4.78, 5) is 11.8. The van der Waals surface area contributed by atoms with E-state index in [1.807, 2.05) is 6.92 Å². The number of nitrogens with two attached hydrogens (primary N) is 1. The first-order valence-corrected chi connectivity index (χ1v) is 5.73. The number of aliphatic hydroxyl groups excluding tert-OH is 1. The van der Waals surface area contributed by atoms with Crippen molar-refractivity contribution in [3.8, 4) is 0 Å². The Kier molecular flexibility index (Phi) is 5.11. The molecule has 0 spiro atoms. The Bertz CT molecular complexity index is 364. The molecule has 1 aromatic heterocycles. The molecule has 4 N–H and O–H groups in total. The van der Waals surface area contributed by atoms with Crippen LogP contribution in [0.5, 0.6) is 0 Å². The second kappa shape index (κ2) is 6.36. The van der Waals surface area contributed by atoms with Gasteiger partial charge in [0.1, 0.15) is 6.04 Å². The van der Waals surface area contributed by atoms with E-state index in [1.165, 1.54) is 0 Å². The van der Waals surface area contributed by atoms with E-state index in [1.54, 1.807) is 24.1 Å². The number of hydrogen-bond acceptors (Lipinski definition) is 4. The van der Waals surface area contributed by atoms with Crippen LogP contribution in [0, 0.1) is 0 Å². The van der Waals surface area contributed by atoms with Crippen molar-refractivity contribution in [2.24, 2.45) is 12.8 Å². The van der Waals surface area contributed by atoms with Crippen molar-refractivity contribution >= 4 is 5.91 Å². The largest absolute Gasteiger partial charge is 0.396 e. The maximum absolute atomic E-state index is 11.8. The van der Waals surface area contributed by atoms with Crippen molar-refractivity contribution in [2.45, 2.75) is 31.8 Å². The molecule has 2 atom stereocenters. The van der Waals surface area contributed by atoms with Gasteiger partial charge in [-0.25, -0.2) is 0 Å². The van der Waals surface area contributed by atoms with E-state index in [4.69, 9.17) is 10.8 Å². The molecule has 0 saturated carbocycles. The highest BCUT2D eigenvalue weighted by atomic mass is 16.3. The summed E-state index contributed by atoms with van der Waals surface area (Å²) in [6, 6.07) is -0.744. The average Bonchev–Trinajstić information content (AvgIpc) is 2.74. The summed E-state index contributed by atoms with van der Waals surface area (Å²) in [5.41, 5.74) is 6.51. The molecule has 6 heteroatoms. The third-order valence-corrected chi connectivity index (χ3v) is 2.68. The SMILES string of the molecule is CCC(CCO)NC(=O)C(N)c1cnn(C)c1. The van der Waals surface area contributed by atoms with E-state index >= 15 is 0 Å². The number of amides is 1. The van der Waals surface area contributed by atoms with Crippen LogP contribution in [0.3, 0.4) is 0 Å². The van der Waals surface area contributed by atoms with Gasteiger partial charge in [-0.2, -0.15) is 5.10 Å². The number of carbonyl (C=O) groups is 1. The molecule has 6 nitrogen and oxygen atoms in total. The zero-order chi connectivity index (χ0) is 12.8. The molecule has 1 amide bonds. The van der Waals surface area contributed by atoms with Crippen LogP contribution in [-0.4, -0.2) is 33.4 Å². The lowest BCUT2D eigenvalue weighted by molar-refractivity contribution is -0.123. The first kappa shape index (κ1) is 13.7. The minimum Gasteiger partial charge on any atom is -0.396 e. The Morgan fingerprint density at radius 3 is 2.88 bits per heavy atom. The van der Waals surface area contributed by atoms with Gasteiger partial charge in [0.05, 0.1) is 6.20 Å². The zero-order valence-corrected chi connectivity index (χ0v) is 10.3. The third kappa shape index (κ3) is 3.83. The van der Waals surface area contributed by atoms with Gasteiger partial charge in [-0.05, 0) is 12.8 Å². The molecule has 0 saturated heterocycles. The standard InChI is InChI=1S/C11H20N4O2/c1-3-9(4-5-16)14-11(17)10(12)8-6-13-15(2)7-8/h6-7,9-10,16H,3-5,12H2,1-2H3,(H,14,17). The normalized spacial score (nSPS) is 14.4. The van der Waals surface area contributed by atoms with Crippen LogP contribution in [0.25, 0.3) is 0 Å². The van der Waals surface area contributed by atoms with Gasteiger partial charge in [0, 0.05) is 31.5 Å². The third-order valence-electron chi connectivity index (χ3n) is 2.68. The number of nitrogens with one attached hydrogen (secondary N) is 1. The quantitative estimate of drug-likeness (QED) is 0.636. The van der Waals surface area contributed by atoms with Crippen LogP contribution in [0.15, 0.2) is 12.4 Å². The lowest BCUT2D eigenvalue weighted by Crippen LogP contribution is -2.40. The maximum Gasteiger partial charge on any atom is 0.241 e. The molecule has 17 heavy (non-hydrogen) atoms. The molecule has 1 heterocycles. The van der Waals surface area contributed by atoms with Crippen molar-refractivity contribution in [3.05, 3.63) is 18.0 Å². The predicted octanol–water partition coefficient (Wildman–Crippen LogP) is -0.303. The van der Waals surface area contributed by atoms with Crippen LogP contribution in [-0.2, 0) is 11.8 Å². The number of aliphatic hydroxyl groups is 1. The molecule has 0 fully saturated rings. The second-order valence-corrected chi connectivity index (χ2v) is 4.05. The summed E-state index contributed by atoms with van der Waals surface area (Å²) in [6.45, 7) is 2.01. The van der Waals surface area contributed by atoms with Gasteiger partial charge in [0.2, 0.25) is 5.91 Å². The summed E-state index contributed by atoms with van der Waals surface area (Å²) in [5.74, 6) is -0.238. The molecule has 0 aliphatic heterocycles. The fourth-order valence-electron chi connectivity index (χ4n) is 1.58. The summed E-state index contributed by atoms with van der Waals surface area (Å²) >= 11 is 0. The molecule has 1 aromatic rings. The average molecular weight is 240 g/mol. The van der Waals surface area contributed by atoms with Crippen molar-refractivity contribution in [2.75, 3.05) is 6.61 Å². The second-order valence-electron chi connectivity index (χ2n) is 4.05. The van der Waals surface area contributed by atoms with Gasteiger partial charge < -0.3 is 16.2 Å². The number of rotatable bonds is 6. The molecule has 1 rings (SSSR count). The first-order chi connectivity index (χ1) is 8.08. The van der Waals surface area contributed by atoms with E-state index in [-0.39, 0.29) is 18.6 Å². The Morgan fingerprint density at radius 1 is 1.71 bits per heavy atom. The minimum absolute atomic E-state index is 0.0322. The van der Waals surface area contributed by atoms with Crippen LogP contribution in [0.4, 0.5) is 0 Å². The highest BCUT2D eigenvalue weighted by molar-refractivity contribution is 5.83. The Balaban J connectivity index is 2.57. The van der Waals surface area contributed by atoms with E-state index in [0.717, 1.165) is 6.42 Å². The summed E-state index contributed by atoms with van der Waals surface area (Å²) in [6.07, 6.45) is 4.61. The maximum atomic E-state index is 11.8. The van der Waals surface area contributed by atoms with E-state index in [9.17, 15) is 4.79 Å². The first-order valence-electron chi connectivity index (χ1n) is 5.73. The summed E-state index contributed by atoms with van der Waals surface area (Å²) in [5, 5.41) is 15.6. The van der Waals surface area contributed by atoms with Gasteiger partial charge in [-0.1, -0.05) is 6.92 Å². The molecular weight excluding hydrogens is 220 g/mol. The van der Waals surface area contributed by atoms with Crippen LogP contribution >= 0.6 is 0 Å². The smallest absolute Gasteiger partial charge is 0.241 e. The van der Waals surface area contributed by atoms with Crippen LogP contribution in [0.1, 0.15) is 31.4 Å². The Morgan fingerprint density at radius 2 is 2.41 bits per heavy atom. The van der Waals surface area contributed by atoms with E-state index < -0.39 is 6.04 Å². The van der Waals surface area contributed by atoms with Gasteiger partial charge in [0.25, 0.3) is 0 Å². The number of nitrogens with zero attached hydrogens (tertiary/aromatic N) is 2. The fraction of sp³-hybridized carbons (Fsp3) is 0.636. The molecule has 0 aliphatic rings. The number of aromatic nitrogens is 2. The lowest BCUT2D eigenvalue weighted by Gasteiger charge is -2.18. The van der Waals surface area contributed by atoms with Crippen molar-refractivity contribution in [1.82, 2.24) is 15.1 Å². The van der Waals surface area contributed by atoms with E-state index in [2.05, 4.69) is 10.4 Å². The topological polar surface area (TPSA) is 93.2 Å². The molecular formula is C11H20N4O2. The van der Waals surface area contributed by atoms with Gasteiger partial charge in [-0.15, -0.1) is 0 Å².